The molecule has 0 aromatic heterocycles. The Hall–Kier alpha value is -2.29. The van der Waals surface area contributed by atoms with Crippen LogP contribution in [0.5, 0.6) is 5.75 Å². The molecule has 2 aromatic carbocycles. The molecule has 0 heterocycles. The highest BCUT2D eigenvalue weighted by molar-refractivity contribution is 5.88. The molecule has 27 heavy (non-hydrogen) atoms. The van der Waals surface area contributed by atoms with Crippen LogP contribution in [-0.4, -0.2) is 17.7 Å². The Kier molecular flexibility index (Phi) is 8.90. The maximum Gasteiger partial charge on any atom is 0.335 e. The van der Waals surface area contributed by atoms with Crippen LogP contribution in [0.25, 0.3) is 11.1 Å². The van der Waals surface area contributed by atoms with Gasteiger partial charge in [0.25, 0.3) is 0 Å². The molecule has 2 aromatic rings. The molecule has 0 unspecified atom stereocenters. The number of carboxylic acid groups (broad SMARTS) is 1. The molecule has 3 nitrogen and oxygen atoms in total. The summed E-state index contributed by atoms with van der Waals surface area (Å²) in [7, 11) is 0. The smallest absolute Gasteiger partial charge is 0.335 e. The zero-order chi connectivity index (χ0) is 19.5. The maximum absolute atomic E-state index is 11.1. The van der Waals surface area contributed by atoms with Gasteiger partial charge < -0.3 is 9.84 Å². The minimum absolute atomic E-state index is 0.319. The maximum atomic E-state index is 11.1. The molecule has 0 aliphatic heterocycles. The van der Waals surface area contributed by atoms with Gasteiger partial charge in [0.15, 0.2) is 0 Å². The zero-order valence-electron chi connectivity index (χ0n) is 16.7. The summed E-state index contributed by atoms with van der Waals surface area (Å²) in [5, 5.41) is 9.11. The zero-order valence-corrected chi connectivity index (χ0v) is 16.7. The fraction of sp³-hybridized carbons (Fsp3) is 0.458. The van der Waals surface area contributed by atoms with Crippen LogP contribution in [0, 0.1) is 0 Å². The summed E-state index contributed by atoms with van der Waals surface area (Å²) in [6.07, 6.45) is 9.36. The van der Waals surface area contributed by atoms with E-state index in [-0.39, 0.29) is 0 Å². The van der Waals surface area contributed by atoms with Crippen LogP contribution in [0.1, 0.15) is 74.7 Å². The van der Waals surface area contributed by atoms with Gasteiger partial charge in [-0.05, 0) is 60.2 Å². The highest BCUT2D eigenvalue weighted by Gasteiger charge is 2.09. The number of carbonyl (C=O) groups is 1. The first-order valence-electron chi connectivity index (χ1n) is 10.2. The lowest BCUT2D eigenvalue weighted by molar-refractivity contribution is 0.0697. The molecule has 3 heteroatoms. The van der Waals surface area contributed by atoms with Gasteiger partial charge in [-0.15, -0.1) is 0 Å². The third kappa shape index (κ3) is 6.74. The van der Waals surface area contributed by atoms with Crippen LogP contribution in [0.4, 0.5) is 0 Å². The minimum atomic E-state index is -0.892. The highest BCUT2D eigenvalue weighted by Crippen LogP contribution is 2.29. The van der Waals surface area contributed by atoms with Crippen molar-refractivity contribution < 1.29 is 14.6 Å². The summed E-state index contributed by atoms with van der Waals surface area (Å²) in [6.45, 7) is 5.18. The van der Waals surface area contributed by atoms with Gasteiger partial charge in [0.2, 0.25) is 0 Å². The Balaban J connectivity index is 2.18. The van der Waals surface area contributed by atoms with Crippen molar-refractivity contribution in [3.8, 4) is 16.9 Å². The molecule has 0 aliphatic carbocycles. The van der Waals surface area contributed by atoms with Crippen molar-refractivity contribution in [1.82, 2.24) is 0 Å². The number of aromatic carboxylic acids is 1. The van der Waals surface area contributed by atoms with Crippen LogP contribution >= 0.6 is 0 Å². The third-order valence-electron chi connectivity index (χ3n) is 4.84. The first-order valence-corrected chi connectivity index (χ1v) is 10.2. The van der Waals surface area contributed by atoms with Gasteiger partial charge >= 0.3 is 5.97 Å². The van der Waals surface area contributed by atoms with E-state index >= 15 is 0 Å². The molecule has 146 valence electrons. The standard InChI is InChI=1S/C24H32O3/c1-3-5-7-8-10-21-18-22(27-17-9-6-4-2)15-16-23(21)19-11-13-20(14-12-19)24(25)26/h11-16,18H,3-10,17H2,1-2H3,(H,25,26). The van der Waals surface area contributed by atoms with Crippen molar-refractivity contribution in [2.45, 2.75) is 65.2 Å². The molecular formula is C24H32O3. The Morgan fingerprint density at radius 2 is 1.59 bits per heavy atom. The van der Waals surface area contributed by atoms with Gasteiger partial charge in [-0.1, -0.05) is 64.2 Å². The average Bonchev–Trinajstić information content (AvgIpc) is 2.69. The van der Waals surface area contributed by atoms with Crippen LogP contribution < -0.4 is 4.74 Å². The Bertz CT molecular complexity index is 704. The van der Waals surface area contributed by atoms with Gasteiger partial charge in [0, 0.05) is 0 Å². The second-order valence-electron chi connectivity index (χ2n) is 7.07. The summed E-state index contributed by atoms with van der Waals surface area (Å²) >= 11 is 0. The van der Waals surface area contributed by atoms with Crippen molar-refractivity contribution in [3.05, 3.63) is 53.6 Å². The lowest BCUT2D eigenvalue weighted by atomic mass is 9.95. The Morgan fingerprint density at radius 3 is 2.26 bits per heavy atom. The number of unbranched alkanes of at least 4 members (excludes halogenated alkanes) is 5. The topological polar surface area (TPSA) is 46.5 Å². The summed E-state index contributed by atoms with van der Waals surface area (Å²) in [5.74, 6) is 0.0414. The molecule has 0 radical (unpaired) electrons. The summed E-state index contributed by atoms with van der Waals surface area (Å²) < 4.78 is 5.94. The van der Waals surface area contributed by atoms with Crippen LogP contribution in [0.2, 0.25) is 0 Å². The van der Waals surface area contributed by atoms with E-state index in [9.17, 15) is 4.79 Å². The highest BCUT2D eigenvalue weighted by atomic mass is 16.5. The SMILES string of the molecule is CCCCCCc1cc(OCCCCC)ccc1-c1ccc(C(=O)O)cc1. The van der Waals surface area contributed by atoms with E-state index in [4.69, 9.17) is 9.84 Å². The summed E-state index contributed by atoms with van der Waals surface area (Å²) in [5.41, 5.74) is 3.83. The van der Waals surface area contributed by atoms with Gasteiger partial charge in [-0.3, -0.25) is 0 Å². The van der Waals surface area contributed by atoms with Gasteiger partial charge in [0.1, 0.15) is 5.75 Å². The van der Waals surface area contributed by atoms with E-state index in [1.54, 1.807) is 12.1 Å². The van der Waals surface area contributed by atoms with Crippen molar-refractivity contribution in [2.24, 2.45) is 0 Å². The number of aryl methyl sites for hydroxylation is 1. The molecule has 0 saturated carbocycles. The van der Waals surface area contributed by atoms with E-state index in [1.807, 2.05) is 18.2 Å². The van der Waals surface area contributed by atoms with Gasteiger partial charge in [0.05, 0.1) is 12.2 Å². The third-order valence-corrected chi connectivity index (χ3v) is 4.84. The monoisotopic (exact) mass is 368 g/mol. The fourth-order valence-electron chi connectivity index (χ4n) is 3.22. The fourth-order valence-corrected chi connectivity index (χ4v) is 3.22. The molecule has 2 rings (SSSR count). The quantitative estimate of drug-likeness (QED) is 0.422. The van der Waals surface area contributed by atoms with Crippen molar-refractivity contribution in [2.75, 3.05) is 6.61 Å². The van der Waals surface area contributed by atoms with E-state index in [0.717, 1.165) is 37.2 Å². The van der Waals surface area contributed by atoms with Crippen LogP contribution in [0.15, 0.2) is 42.5 Å². The minimum Gasteiger partial charge on any atom is -0.494 e. The predicted molar refractivity (Wildman–Crippen MR) is 112 cm³/mol. The number of benzene rings is 2. The molecule has 0 atom stereocenters. The van der Waals surface area contributed by atoms with E-state index in [1.165, 1.54) is 43.2 Å². The van der Waals surface area contributed by atoms with Crippen molar-refractivity contribution in [1.29, 1.82) is 0 Å². The molecule has 0 bridgehead atoms. The molecular weight excluding hydrogens is 336 g/mol. The average molecular weight is 369 g/mol. The lowest BCUT2D eigenvalue weighted by Gasteiger charge is -2.14. The van der Waals surface area contributed by atoms with Crippen molar-refractivity contribution >= 4 is 5.97 Å². The summed E-state index contributed by atoms with van der Waals surface area (Å²) in [4.78, 5) is 11.1. The molecule has 0 aliphatic rings. The molecule has 0 spiro atoms. The Labute approximate surface area is 163 Å². The van der Waals surface area contributed by atoms with Crippen LogP contribution in [-0.2, 0) is 6.42 Å². The molecule has 0 amide bonds. The number of rotatable bonds is 12. The van der Waals surface area contributed by atoms with E-state index < -0.39 is 5.97 Å². The second kappa shape index (κ2) is 11.4. The second-order valence-corrected chi connectivity index (χ2v) is 7.07. The van der Waals surface area contributed by atoms with E-state index in [2.05, 4.69) is 26.0 Å². The predicted octanol–water partition coefficient (Wildman–Crippen LogP) is 6.74. The van der Waals surface area contributed by atoms with Gasteiger partial charge in [-0.25, -0.2) is 4.79 Å². The van der Waals surface area contributed by atoms with E-state index in [0.29, 0.717) is 5.56 Å². The molecule has 1 N–H and O–H groups in total. The van der Waals surface area contributed by atoms with Gasteiger partial charge in [-0.2, -0.15) is 0 Å². The molecule has 0 saturated heterocycles. The Morgan fingerprint density at radius 1 is 0.889 bits per heavy atom. The first kappa shape index (κ1) is 21.0. The van der Waals surface area contributed by atoms with Crippen molar-refractivity contribution in [3.63, 3.8) is 0 Å². The number of hydrogen-bond donors (Lipinski definition) is 1. The normalized spacial score (nSPS) is 10.7. The number of ether oxygens (including phenoxy) is 1. The number of hydrogen-bond acceptors (Lipinski definition) is 2. The first-order chi connectivity index (χ1) is 13.2. The lowest BCUT2D eigenvalue weighted by Crippen LogP contribution is -1.99. The number of carboxylic acids is 1. The van der Waals surface area contributed by atoms with Crippen LogP contribution in [0.3, 0.4) is 0 Å². The molecule has 0 fully saturated rings. The largest absolute Gasteiger partial charge is 0.494 e. The summed E-state index contributed by atoms with van der Waals surface area (Å²) in [6, 6.07) is 13.5.